The van der Waals surface area contributed by atoms with Crippen molar-refractivity contribution in [3.05, 3.63) is 60.2 Å². The highest BCUT2D eigenvalue weighted by atomic mass is 16.5. The fraction of sp³-hybridized carbons (Fsp3) is 0.286. The minimum Gasteiger partial charge on any atom is -0.496 e. The molecule has 0 unspecified atom stereocenters. The van der Waals surface area contributed by atoms with Crippen molar-refractivity contribution in [1.82, 2.24) is 5.32 Å². The van der Waals surface area contributed by atoms with Crippen molar-refractivity contribution in [2.24, 2.45) is 5.92 Å². The second-order valence-corrected chi connectivity index (χ2v) is 6.42. The summed E-state index contributed by atoms with van der Waals surface area (Å²) >= 11 is 0. The highest BCUT2D eigenvalue weighted by Gasteiger charge is 2.27. The molecule has 0 aliphatic heterocycles. The molecule has 2 amide bonds. The molecule has 0 radical (unpaired) electrons. The smallest absolute Gasteiger partial charge is 0.329 e. The molecule has 2 aromatic rings. The van der Waals surface area contributed by atoms with E-state index in [0.29, 0.717) is 17.0 Å². The van der Waals surface area contributed by atoms with Crippen LogP contribution in [0, 0.1) is 5.92 Å². The van der Waals surface area contributed by atoms with E-state index < -0.39 is 24.6 Å². The van der Waals surface area contributed by atoms with E-state index in [1.165, 1.54) is 7.11 Å². The maximum atomic E-state index is 12.4. The first-order valence-corrected chi connectivity index (χ1v) is 8.87. The van der Waals surface area contributed by atoms with Crippen molar-refractivity contribution in [2.45, 2.75) is 19.9 Å². The van der Waals surface area contributed by atoms with Crippen LogP contribution in [0.5, 0.6) is 5.75 Å². The van der Waals surface area contributed by atoms with Gasteiger partial charge in [0.25, 0.3) is 0 Å². The molecule has 0 aromatic heterocycles. The number of carbonyl (C=O) groups is 3. The number of benzene rings is 2. The molecule has 0 aliphatic carbocycles. The summed E-state index contributed by atoms with van der Waals surface area (Å²) < 4.78 is 10.3. The predicted molar refractivity (Wildman–Crippen MR) is 106 cm³/mol. The van der Waals surface area contributed by atoms with Gasteiger partial charge in [-0.05, 0) is 30.2 Å². The van der Waals surface area contributed by atoms with Crippen molar-refractivity contribution in [2.75, 3.05) is 19.0 Å². The summed E-state index contributed by atoms with van der Waals surface area (Å²) in [5.41, 5.74) is 0.927. The van der Waals surface area contributed by atoms with Crippen LogP contribution in [0.2, 0.25) is 0 Å². The molecular formula is C21H24N2O5. The van der Waals surface area contributed by atoms with Crippen molar-refractivity contribution in [3.63, 3.8) is 0 Å². The normalized spacial score (nSPS) is 11.4. The minimum absolute atomic E-state index is 0.226. The van der Waals surface area contributed by atoms with Crippen LogP contribution >= 0.6 is 0 Å². The molecule has 1 atom stereocenters. The predicted octanol–water partition coefficient (Wildman–Crippen LogP) is 3.27. The Bertz CT molecular complexity index is 821. The topological polar surface area (TPSA) is 93.7 Å². The Morgan fingerprint density at radius 3 is 2.25 bits per heavy atom. The quantitative estimate of drug-likeness (QED) is 0.538. The summed E-state index contributed by atoms with van der Waals surface area (Å²) in [5.74, 6) is -0.886. The van der Waals surface area contributed by atoms with Gasteiger partial charge in [0.05, 0.1) is 12.7 Å². The Morgan fingerprint density at radius 1 is 0.964 bits per heavy atom. The average Bonchev–Trinajstić information content (AvgIpc) is 2.70. The summed E-state index contributed by atoms with van der Waals surface area (Å²) in [6.45, 7) is 3.11. The summed E-state index contributed by atoms with van der Waals surface area (Å²) in [6, 6.07) is 14.1. The number of amides is 2. The number of carbonyl (C=O) groups excluding carboxylic acids is 3. The molecule has 0 spiro atoms. The lowest BCUT2D eigenvalue weighted by molar-refractivity contribution is -0.145. The fourth-order valence-electron chi connectivity index (χ4n) is 2.51. The van der Waals surface area contributed by atoms with Gasteiger partial charge >= 0.3 is 12.0 Å². The number of anilines is 1. The summed E-state index contributed by atoms with van der Waals surface area (Å²) in [7, 11) is 1.46. The highest BCUT2D eigenvalue weighted by Crippen LogP contribution is 2.18. The second-order valence-electron chi connectivity index (χ2n) is 6.42. The number of nitrogens with one attached hydrogen (secondary N) is 2. The molecule has 28 heavy (non-hydrogen) atoms. The monoisotopic (exact) mass is 384 g/mol. The van der Waals surface area contributed by atoms with Gasteiger partial charge in [-0.3, -0.25) is 4.79 Å². The van der Waals surface area contributed by atoms with Gasteiger partial charge in [0.2, 0.25) is 5.78 Å². The van der Waals surface area contributed by atoms with Crippen LogP contribution in [0.4, 0.5) is 10.5 Å². The lowest BCUT2D eigenvalue weighted by Crippen LogP contribution is -2.47. The average molecular weight is 384 g/mol. The van der Waals surface area contributed by atoms with E-state index >= 15 is 0 Å². The van der Waals surface area contributed by atoms with E-state index in [0.717, 1.165) is 0 Å². The fourth-order valence-corrected chi connectivity index (χ4v) is 2.51. The summed E-state index contributed by atoms with van der Waals surface area (Å²) in [4.78, 5) is 36.9. The number of esters is 1. The van der Waals surface area contributed by atoms with Crippen LogP contribution in [0.1, 0.15) is 24.2 Å². The largest absolute Gasteiger partial charge is 0.496 e. The van der Waals surface area contributed by atoms with Gasteiger partial charge in [0.1, 0.15) is 11.8 Å². The number of urea groups is 1. The molecule has 2 aromatic carbocycles. The van der Waals surface area contributed by atoms with Crippen LogP contribution in [0.25, 0.3) is 0 Å². The van der Waals surface area contributed by atoms with Crippen LogP contribution in [-0.2, 0) is 9.53 Å². The number of methoxy groups -OCH3 is 1. The SMILES string of the molecule is COc1ccccc1C(=O)COC(=O)[C@@H](NC(=O)Nc1ccccc1)C(C)C. The number of Topliss-reactive ketones (excluding diaryl/α,β-unsaturated/α-hetero) is 1. The van der Waals surface area contributed by atoms with Crippen molar-refractivity contribution in [3.8, 4) is 5.75 Å². The molecule has 0 fully saturated rings. The molecule has 0 bridgehead atoms. The van der Waals surface area contributed by atoms with Gasteiger partial charge in [0, 0.05) is 5.69 Å². The Labute approximate surface area is 164 Å². The van der Waals surface area contributed by atoms with E-state index in [1.54, 1.807) is 62.4 Å². The van der Waals surface area contributed by atoms with Crippen molar-refractivity contribution in [1.29, 1.82) is 0 Å². The maximum absolute atomic E-state index is 12.4. The molecule has 2 N–H and O–H groups in total. The van der Waals surface area contributed by atoms with Gasteiger partial charge in [-0.25, -0.2) is 9.59 Å². The zero-order valence-corrected chi connectivity index (χ0v) is 16.1. The Morgan fingerprint density at radius 2 is 1.61 bits per heavy atom. The Balaban J connectivity index is 1.95. The zero-order valence-electron chi connectivity index (χ0n) is 16.1. The van der Waals surface area contributed by atoms with E-state index in [4.69, 9.17) is 9.47 Å². The Kier molecular flexibility index (Phi) is 7.56. The van der Waals surface area contributed by atoms with Gasteiger partial charge in [-0.1, -0.05) is 44.2 Å². The molecule has 148 valence electrons. The van der Waals surface area contributed by atoms with E-state index in [2.05, 4.69) is 10.6 Å². The highest BCUT2D eigenvalue weighted by molar-refractivity contribution is 6.00. The summed E-state index contributed by atoms with van der Waals surface area (Å²) in [5, 5.41) is 5.24. The van der Waals surface area contributed by atoms with E-state index in [1.807, 2.05) is 6.07 Å². The van der Waals surface area contributed by atoms with Crippen LogP contribution in [0.3, 0.4) is 0 Å². The maximum Gasteiger partial charge on any atom is 0.329 e. The number of rotatable bonds is 8. The third-order valence-electron chi connectivity index (χ3n) is 3.99. The molecule has 0 saturated heterocycles. The van der Waals surface area contributed by atoms with Crippen molar-refractivity contribution < 1.29 is 23.9 Å². The number of hydrogen-bond donors (Lipinski definition) is 2. The van der Waals surface area contributed by atoms with Crippen molar-refractivity contribution >= 4 is 23.5 Å². The number of ether oxygens (including phenoxy) is 2. The molecular weight excluding hydrogens is 360 g/mol. The standard InChI is InChI=1S/C21H24N2O5/c1-14(2)19(23-21(26)22-15-9-5-4-6-10-15)20(25)28-13-17(24)16-11-7-8-12-18(16)27-3/h4-12,14,19H,13H2,1-3H3,(H2,22,23,26)/t19-/m0/s1. The minimum atomic E-state index is -0.894. The third-order valence-corrected chi connectivity index (χ3v) is 3.99. The molecule has 0 heterocycles. The summed E-state index contributed by atoms with van der Waals surface area (Å²) in [6.07, 6.45) is 0. The lowest BCUT2D eigenvalue weighted by Gasteiger charge is -2.21. The second kappa shape index (κ2) is 10.1. The van der Waals surface area contributed by atoms with Crippen LogP contribution < -0.4 is 15.4 Å². The van der Waals surface area contributed by atoms with Gasteiger partial charge in [-0.15, -0.1) is 0 Å². The number of hydrogen-bond acceptors (Lipinski definition) is 5. The molecule has 7 nitrogen and oxygen atoms in total. The zero-order chi connectivity index (χ0) is 20.5. The number of para-hydroxylation sites is 2. The van der Waals surface area contributed by atoms with E-state index in [9.17, 15) is 14.4 Å². The Hall–Kier alpha value is -3.35. The first-order chi connectivity index (χ1) is 13.4. The van der Waals surface area contributed by atoms with Crippen LogP contribution in [0.15, 0.2) is 54.6 Å². The molecule has 7 heteroatoms. The molecule has 2 rings (SSSR count). The van der Waals surface area contributed by atoms with E-state index in [-0.39, 0.29) is 11.7 Å². The van der Waals surface area contributed by atoms with Gasteiger partial charge < -0.3 is 20.1 Å². The van der Waals surface area contributed by atoms with Gasteiger partial charge in [-0.2, -0.15) is 0 Å². The molecule has 0 saturated carbocycles. The number of ketones is 1. The first-order valence-electron chi connectivity index (χ1n) is 8.87. The third kappa shape index (κ3) is 5.84. The van der Waals surface area contributed by atoms with Crippen LogP contribution in [-0.4, -0.2) is 37.5 Å². The van der Waals surface area contributed by atoms with Gasteiger partial charge in [0.15, 0.2) is 6.61 Å². The lowest BCUT2D eigenvalue weighted by atomic mass is 10.0. The molecule has 0 aliphatic rings. The first kappa shape index (κ1) is 21.0.